The highest BCUT2D eigenvalue weighted by Gasteiger charge is 2.32. The van der Waals surface area contributed by atoms with E-state index < -0.39 is 0 Å². The monoisotopic (exact) mass is 323 g/mol. The number of rotatable bonds is 4. The second-order valence-electron chi connectivity index (χ2n) is 4.89. The van der Waals surface area contributed by atoms with E-state index in [-0.39, 0.29) is 17.9 Å². The van der Waals surface area contributed by atoms with Gasteiger partial charge in [0.2, 0.25) is 5.91 Å². The summed E-state index contributed by atoms with van der Waals surface area (Å²) in [6, 6.07) is 5.91. The van der Waals surface area contributed by atoms with Gasteiger partial charge in [0.1, 0.15) is 0 Å². The van der Waals surface area contributed by atoms with Crippen LogP contribution in [-0.4, -0.2) is 43.5 Å². The van der Waals surface area contributed by atoms with Crippen LogP contribution in [0.3, 0.4) is 0 Å². The van der Waals surface area contributed by atoms with Crippen LogP contribution in [-0.2, 0) is 9.53 Å². The molecule has 1 aromatic carbocycles. The van der Waals surface area contributed by atoms with Crippen LogP contribution in [0.25, 0.3) is 10.2 Å². The summed E-state index contributed by atoms with van der Waals surface area (Å²) in [5.41, 5.74) is 1.78. The number of hydrogen-bond donors (Lipinski definition) is 2. The highest BCUT2D eigenvalue weighted by atomic mass is 32.2. The molecule has 7 heteroatoms. The molecule has 0 saturated carbocycles. The maximum atomic E-state index is 12.3. The van der Waals surface area contributed by atoms with E-state index in [4.69, 9.17) is 4.74 Å². The van der Waals surface area contributed by atoms with Crippen LogP contribution < -0.4 is 10.6 Å². The molecule has 0 radical (unpaired) electrons. The third kappa shape index (κ3) is 3.06. The molecule has 2 aromatic rings. The van der Waals surface area contributed by atoms with E-state index in [0.29, 0.717) is 13.2 Å². The zero-order chi connectivity index (χ0) is 14.8. The molecule has 21 heavy (non-hydrogen) atoms. The maximum absolute atomic E-state index is 12.3. The SMILES string of the molecule is CNC1COCC1C(=O)Nc1ccc2nc(SC)sc2c1. The van der Waals surface area contributed by atoms with Gasteiger partial charge in [-0.05, 0) is 31.5 Å². The molecule has 1 fully saturated rings. The zero-order valence-electron chi connectivity index (χ0n) is 11.9. The van der Waals surface area contributed by atoms with Crippen molar-refractivity contribution >= 4 is 44.9 Å². The molecule has 2 heterocycles. The molecule has 1 aliphatic heterocycles. The molecule has 112 valence electrons. The van der Waals surface area contributed by atoms with Crippen molar-refractivity contribution in [3.05, 3.63) is 18.2 Å². The molecule has 0 spiro atoms. The molecule has 2 unspecified atom stereocenters. The Labute approximate surface area is 131 Å². The number of ether oxygens (including phenoxy) is 1. The van der Waals surface area contributed by atoms with Crippen LogP contribution in [0.2, 0.25) is 0 Å². The molecule has 5 nitrogen and oxygen atoms in total. The number of thioether (sulfide) groups is 1. The van der Waals surface area contributed by atoms with Gasteiger partial charge in [-0.2, -0.15) is 0 Å². The van der Waals surface area contributed by atoms with Crippen molar-refractivity contribution in [1.82, 2.24) is 10.3 Å². The van der Waals surface area contributed by atoms with E-state index in [2.05, 4.69) is 15.6 Å². The molecule has 1 aromatic heterocycles. The lowest BCUT2D eigenvalue weighted by molar-refractivity contribution is -0.120. The highest BCUT2D eigenvalue weighted by molar-refractivity contribution is 8.00. The number of carbonyl (C=O) groups excluding carboxylic acids is 1. The minimum atomic E-state index is -0.145. The zero-order valence-corrected chi connectivity index (χ0v) is 13.5. The maximum Gasteiger partial charge on any atom is 0.231 e. The Hall–Kier alpha value is -1.15. The van der Waals surface area contributed by atoms with Crippen molar-refractivity contribution in [3.8, 4) is 0 Å². The summed E-state index contributed by atoms with van der Waals surface area (Å²) in [7, 11) is 1.85. The fourth-order valence-electron chi connectivity index (χ4n) is 2.40. The largest absolute Gasteiger partial charge is 0.379 e. The minimum Gasteiger partial charge on any atom is -0.379 e. The number of fused-ring (bicyclic) bond motifs is 1. The Morgan fingerprint density at radius 3 is 3.10 bits per heavy atom. The van der Waals surface area contributed by atoms with Gasteiger partial charge in [0.15, 0.2) is 4.34 Å². The summed E-state index contributed by atoms with van der Waals surface area (Å²) in [6.07, 6.45) is 2.01. The quantitative estimate of drug-likeness (QED) is 0.845. The highest BCUT2D eigenvalue weighted by Crippen LogP contribution is 2.30. The Morgan fingerprint density at radius 2 is 2.33 bits per heavy atom. The lowest BCUT2D eigenvalue weighted by atomic mass is 10.0. The molecule has 1 saturated heterocycles. The van der Waals surface area contributed by atoms with Gasteiger partial charge in [0, 0.05) is 11.7 Å². The Balaban J connectivity index is 1.76. The van der Waals surface area contributed by atoms with Crippen LogP contribution in [0.5, 0.6) is 0 Å². The van der Waals surface area contributed by atoms with Gasteiger partial charge < -0.3 is 15.4 Å². The number of aromatic nitrogens is 1. The predicted molar refractivity (Wildman–Crippen MR) is 87.2 cm³/mol. The van der Waals surface area contributed by atoms with Crippen molar-refractivity contribution in [2.75, 3.05) is 31.8 Å². The van der Waals surface area contributed by atoms with Gasteiger partial charge in [-0.15, -0.1) is 11.3 Å². The van der Waals surface area contributed by atoms with E-state index in [0.717, 1.165) is 20.2 Å². The summed E-state index contributed by atoms with van der Waals surface area (Å²) < 4.78 is 7.50. The number of thiazole rings is 1. The van der Waals surface area contributed by atoms with E-state index in [1.54, 1.807) is 23.1 Å². The molecule has 1 amide bonds. The van der Waals surface area contributed by atoms with Gasteiger partial charge >= 0.3 is 0 Å². The van der Waals surface area contributed by atoms with Crippen molar-refractivity contribution in [3.63, 3.8) is 0 Å². The first-order valence-corrected chi connectivity index (χ1v) is 8.76. The molecule has 0 bridgehead atoms. The smallest absolute Gasteiger partial charge is 0.231 e. The first-order valence-electron chi connectivity index (χ1n) is 6.71. The number of hydrogen-bond acceptors (Lipinski definition) is 6. The van der Waals surface area contributed by atoms with E-state index in [1.165, 1.54) is 0 Å². The van der Waals surface area contributed by atoms with Crippen molar-refractivity contribution in [1.29, 1.82) is 0 Å². The molecule has 0 aliphatic carbocycles. The number of amides is 1. The van der Waals surface area contributed by atoms with Crippen LogP contribution >= 0.6 is 23.1 Å². The van der Waals surface area contributed by atoms with Crippen molar-refractivity contribution in [2.24, 2.45) is 5.92 Å². The average molecular weight is 323 g/mol. The van der Waals surface area contributed by atoms with E-state index >= 15 is 0 Å². The molecule has 3 rings (SSSR count). The molecule has 2 N–H and O–H groups in total. The summed E-state index contributed by atoms with van der Waals surface area (Å²) in [5, 5.41) is 6.11. The lowest BCUT2D eigenvalue weighted by Crippen LogP contribution is -2.39. The van der Waals surface area contributed by atoms with Crippen molar-refractivity contribution < 1.29 is 9.53 Å². The van der Waals surface area contributed by atoms with Crippen LogP contribution in [0, 0.1) is 5.92 Å². The number of nitrogens with zero attached hydrogens (tertiary/aromatic N) is 1. The molecular formula is C14H17N3O2S2. The summed E-state index contributed by atoms with van der Waals surface area (Å²) >= 11 is 3.27. The third-order valence-corrected chi connectivity index (χ3v) is 5.60. The summed E-state index contributed by atoms with van der Waals surface area (Å²) in [6.45, 7) is 1.05. The minimum absolute atomic E-state index is 0.000746. The van der Waals surface area contributed by atoms with E-state index in [9.17, 15) is 4.79 Å². The number of likely N-dealkylation sites (N-methyl/N-ethyl adjacent to an activating group) is 1. The lowest BCUT2D eigenvalue weighted by Gasteiger charge is -2.16. The number of benzene rings is 1. The fourth-order valence-corrected chi connectivity index (χ4v) is 3.93. The first kappa shape index (κ1) is 14.8. The van der Waals surface area contributed by atoms with Crippen molar-refractivity contribution in [2.45, 2.75) is 10.4 Å². The van der Waals surface area contributed by atoms with Gasteiger partial charge in [-0.25, -0.2) is 4.98 Å². The average Bonchev–Trinajstić information content (AvgIpc) is 3.12. The second kappa shape index (κ2) is 6.31. The predicted octanol–water partition coefficient (Wildman–Crippen LogP) is 2.19. The normalized spacial score (nSPS) is 21.8. The number of nitrogens with one attached hydrogen (secondary N) is 2. The topological polar surface area (TPSA) is 63.2 Å². The number of anilines is 1. The fraction of sp³-hybridized carbons (Fsp3) is 0.429. The van der Waals surface area contributed by atoms with Crippen LogP contribution in [0.4, 0.5) is 5.69 Å². The standard InChI is InChI=1S/C14H17N3O2S2/c1-15-11-7-19-6-9(11)13(18)16-8-3-4-10-12(5-8)21-14(17-10)20-2/h3-5,9,11,15H,6-7H2,1-2H3,(H,16,18). The van der Waals surface area contributed by atoms with E-state index in [1.807, 2.05) is 31.5 Å². The Kier molecular flexibility index (Phi) is 4.44. The first-order chi connectivity index (χ1) is 10.2. The number of carbonyl (C=O) groups is 1. The molecular weight excluding hydrogens is 306 g/mol. The van der Waals surface area contributed by atoms with Gasteiger partial charge in [-0.3, -0.25) is 4.79 Å². The van der Waals surface area contributed by atoms with Gasteiger partial charge in [-0.1, -0.05) is 11.8 Å². The molecule has 2 atom stereocenters. The van der Waals surface area contributed by atoms with Crippen LogP contribution in [0.1, 0.15) is 0 Å². The Bertz CT molecular complexity index is 659. The second-order valence-corrected chi connectivity index (χ2v) is 6.98. The molecule has 1 aliphatic rings. The summed E-state index contributed by atoms with van der Waals surface area (Å²) in [5.74, 6) is -0.144. The third-order valence-electron chi connectivity index (χ3n) is 3.60. The van der Waals surface area contributed by atoms with Gasteiger partial charge in [0.25, 0.3) is 0 Å². The van der Waals surface area contributed by atoms with Crippen LogP contribution in [0.15, 0.2) is 22.5 Å². The van der Waals surface area contributed by atoms with Gasteiger partial charge in [0.05, 0.1) is 29.3 Å². The summed E-state index contributed by atoms with van der Waals surface area (Å²) in [4.78, 5) is 16.8. The Morgan fingerprint density at radius 1 is 1.48 bits per heavy atom.